The van der Waals surface area contributed by atoms with Gasteiger partial charge in [0.05, 0.1) is 5.56 Å². The quantitative estimate of drug-likeness (QED) is 0.217. The van der Waals surface area contributed by atoms with E-state index < -0.39 is 0 Å². The third kappa shape index (κ3) is 4.35. The first-order chi connectivity index (χ1) is 21.7. The first-order valence-electron chi connectivity index (χ1n) is 14.4. The lowest BCUT2D eigenvalue weighted by atomic mass is 9.98. The molecule has 0 atom stereocenters. The van der Waals surface area contributed by atoms with E-state index in [1.807, 2.05) is 85.0 Å². The van der Waals surface area contributed by atoms with Crippen LogP contribution in [-0.2, 0) is 0 Å². The van der Waals surface area contributed by atoms with Crippen molar-refractivity contribution in [3.63, 3.8) is 0 Å². The standard InChI is InChI=1S/C38H26N4OS/c1-2-26(38-41-36(23-12-5-3-6-13-23)40-37(42-38)24-14-7-4-8-15-24)33-30-21-20-25(22-31(30)43-35(33)39)27-17-11-18-29-28-16-9-10-19-32(28)44-34(27)29/h2-22H,39H2,1H3/b26-2+. The van der Waals surface area contributed by atoms with Crippen LogP contribution in [0.2, 0.25) is 0 Å². The van der Waals surface area contributed by atoms with Crippen molar-refractivity contribution < 1.29 is 4.42 Å². The normalized spacial score (nSPS) is 12.0. The Hall–Kier alpha value is -5.59. The Morgan fingerprint density at radius 2 is 1.32 bits per heavy atom. The molecule has 210 valence electrons. The fourth-order valence-corrected chi connectivity index (χ4v) is 7.09. The smallest absolute Gasteiger partial charge is 0.199 e. The number of rotatable bonds is 5. The largest absolute Gasteiger partial charge is 0.440 e. The van der Waals surface area contributed by atoms with Gasteiger partial charge in [-0.25, -0.2) is 15.0 Å². The highest BCUT2D eigenvalue weighted by molar-refractivity contribution is 7.26. The van der Waals surface area contributed by atoms with Gasteiger partial charge in [0, 0.05) is 42.3 Å². The Bertz CT molecular complexity index is 2300. The van der Waals surface area contributed by atoms with Gasteiger partial charge in [0.2, 0.25) is 0 Å². The molecule has 5 nitrogen and oxygen atoms in total. The number of fused-ring (bicyclic) bond motifs is 4. The second-order valence-corrected chi connectivity index (χ2v) is 11.6. The number of allylic oxidation sites excluding steroid dienone is 1. The third-order valence-corrected chi connectivity index (χ3v) is 9.15. The van der Waals surface area contributed by atoms with Crippen molar-refractivity contribution >= 4 is 53.9 Å². The number of furan rings is 1. The van der Waals surface area contributed by atoms with Crippen LogP contribution in [0.25, 0.3) is 70.6 Å². The maximum atomic E-state index is 6.62. The van der Waals surface area contributed by atoms with Gasteiger partial charge in [-0.15, -0.1) is 11.3 Å². The summed E-state index contributed by atoms with van der Waals surface area (Å²) in [6.45, 7) is 1.97. The minimum absolute atomic E-state index is 0.327. The van der Waals surface area contributed by atoms with Gasteiger partial charge in [-0.2, -0.15) is 0 Å². The van der Waals surface area contributed by atoms with Gasteiger partial charge < -0.3 is 10.2 Å². The number of nitrogen functional groups attached to an aromatic ring is 1. The number of thiophene rings is 1. The van der Waals surface area contributed by atoms with Crippen molar-refractivity contribution in [2.45, 2.75) is 6.92 Å². The lowest BCUT2D eigenvalue weighted by Crippen LogP contribution is -2.04. The molecule has 2 N–H and O–H groups in total. The first-order valence-corrected chi connectivity index (χ1v) is 15.3. The highest BCUT2D eigenvalue weighted by Gasteiger charge is 2.22. The van der Waals surface area contributed by atoms with Crippen LogP contribution in [0.4, 0.5) is 5.88 Å². The summed E-state index contributed by atoms with van der Waals surface area (Å²) in [5.74, 6) is 2.06. The van der Waals surface area contributed by atoms with E-state index in [1.54, 1.807) is 0 Å². The minimum atomic E-state index is 0.327. The molecule has 0 fully saturated rings. The van der Waals surface area contributed by atoms with Gasteiger partial charge in [0.1, 0.15) is 5.58 Å². The van der Waals surface area contributed by atoms with E-state index in [0.29, 0.717) is 28.9 Å². The lowest BCUT2D eigenvalue weighted by molar-refractivity contribution is 0.636. The zero-order valence-corrected chi connectivity index (χ0v) is 24.7. The molecule has 0 spiro atoms. The SMILES string of the molecule is C/C=C(/c1nc(-c2ccccc2)nc(-c2ccccc2)n1)c1c(N)oc2cc(-c3cccc4c3sc3ccccc34)ccc12. The molecule has 0 unspecified atom stereocenters. The fraction of sp³-hybridized carbons (Fsp3) is 0.0263. The second-order valence-electron chi connectivity index (χ2n) is 10.6. The molecule has 0 saturated heterocycles. The summed E-state index contributed by atoms with van der Waals surface area (Å²) >= 11 is 1.81. The molecule has 0 aliphatic carbocycles. The predicted molar refractivity (Wildman–Crippen MR) is 182 cm³/mol. The van der Waals surface area contributed by atoms with E-state index >= 15 is 0 Å². The predicted octanol–water partition coefficient (Wildman–Crippen LogP) is 10.0. The molecule has 0 saturated carbocycles. The molecule has 0 bridgehead atoms. The summed E-state index contributed by atoms with van der Waals surface area (Å²) in [5, 5.41) is 3.45. The van der Waals surface area contributed by atoms with Crippen LogP contribution in [-0.4, -0.2) is 15.0 Å². The number of aromatic nitrogens is 3. The summed E-state index contributed by atoms with van der Waals surface area (Å²) < 4.78 is 8.77. The van der Waals surface area contributed by atoms with E-state index in [9.17, 15) is 0 Å². The number of hydrogen-bond acceptors (Lipinski definition) is 6. The zero-order valence-electron chi connectivity index (χ0n) is 23.9. The lowest BCUT2D eigenvalue weighted by Gasteiger charge is -2.11. The molecule has 0 aliphatic rings. The maximum Gasteiger partial charge on any atom is 0.199 e. The van der Waals surface area contributed by atoms with Gasteiger partial charge in [-0.1, -0.05) is 109 Å². The van der Waals surface area contributed by atoms with Crippen LogP contribution in [0.1, 0.15) is 18.3 Å². The molecule has 0 amide bonds. The Kier molecular flexibility index (Phi) is 6.28. The number of anilines is 1. The Morgan fingerprint density at radius 3 is 2.02 bits per heavy atom. The molecule has 0 aliphatic heterocycles. The summed E-state index contributed by atoms with van der Waals surface area (Å²) in [5.41, 5.74) is 13.0. The van der Waals surface area contributed by atoms with Gasteiger partial charge >= 0.3 is 0 Å². The van der Waals surface area contributed by atoms with Gasteiger partial charge in [-0.3, -0.25) is 0 Å². The van der Waals surface area contributed by atoms with E-state index in [4.69, 9.17) is 25.1 Å². The van der Waals surface area contributed by atoms with Gasteiger partial charge in [0.25, 0.3) is 0 Å². The number of hydrogen-bond donors (Lipinski definition) is 1. The topological polar surface area (TPSA) is 77.8 Å². The van der Waals surface area contributed by atoms with Crippen LogP contribution >= 0.6 is 11.3 Å². The monoisotopic (exact) mass is 586 g/mol. The van der Waals surface area contributed by atoms with E-state index in [1.165, 1.54) is 25.7 Å². The van der Waals surface area contributed by atoms with Crippen LogP contribution in [0.5, 0.6) is 0 Å². The number of nitrogens with zero attached hydrogens (tertiary/aromatic N) is 3. The molecule has 8 aromatic rings. The van der Waals surface area contributed by atoms with Crippen molar-refractivity contribution in [3.05, 3.63) is 139 Å². The van der Waals surface area contributed by atoms with Crippen molar-refractivity contribution in [1.82, 2.24) is 15.0 Å². The number of benzene rings is 5. The molecule has 3 heterocycles. The van der Waals surface area contributed by atoms with Crippen LogP contribution in [0.15, 0.2) is 132 Å². The van der Waals surface area contributed by atoms with E-state index in [0.717, 1.165) is 33.2 Å². The summed E-state index contributed by atoms with van der Waals surface area (Å²) in [6, 6.07) is 41.3. The van der Waals surface area contributed by atoms with Crippen LogP contribution < -0.4 is 5.73 Å². The highest BCUT2D eigenvalue weighted by atomic mass is 32.1. The molecule has 5 aromatic carbocycles. The molecule has 8 rings (SSSR count). The summed E-state index contributed by atoms with van der Waals surface area (Å²) in [4.78, 5) is 14.7. The molecular formula is C38H26N4OS. The van der Waals surface area contributed by atoms with E-state index in [-0.39, 0.29) is 0 Å². The molecule has 44 heavy (non-hydrogen) atoms. The Morgan fingerprint density at radius 1 is 0.659 bits per heavy atom. The highest BCUT2D eigenvalue weighted by Crippen LogP contribution is 2.42. The second kappa shape index (κ2) is 10.6. The van der Waals surface area contributed by atoms with Crippen molar-refractivity contribution in [2.75, 3.05) is 5.73 Å². The molecule has 3 aromatic heterocycles. The average Bonchev–Trinajstić information content (AvgIpc) is 3.62. The van der Waals surface area contributed by atoms with Crippen molar-refractivity contribution in [2.24, 2.45) is 0 Å². The Balaban J connectivity index is 1.27. The molecular weight excluding hydrogens is 561 g/mol. The molecule has 0 radical (unpaired) electrons. The first kappa shape index (κ1) is 26.1. The van der Waals surface area contributed by atoms with Gasteiger partial charge in [0.15, 0.2) is 23.4 Å². The fourth-order valence-electron chi connectivity index (χ4n) is 5.85. The Labute approximate surface area is 258 Å². The van der Waals surface area contributed by atoms with Crippen molar-refractivity contribution in [3.8, 4) is 33.9 Å². The summed E-state index contributed by atoms with van der Waals surface area (Å²) in [7, 11) is 0. The minimum Gasteiger partial charge on any atom is -0.440 e. The van der Waals surface area contributed by atoms with Crippen molar-refractivity contribution in [1.29, 1.82) is 0 Å². The maximum absolute atomic E-state index is 6.62. The van der Waals surface area contributed by atoms with Crippen LogP contribution in [0.3, 0.4) is 0 Å². The average molecular weight is 587 g/mol. The summed E-state index contributed by atoms with van der Waals surface area (Å²) in [6.07, 6.45) is 1.99. The van der Waals surface area contributed by atoms with Crippen LogP contribution in [0, 0.1) is 0 Å². The van der Waals surface area contributed by atoms with Gasteiger partial charge in [-0.05, 0) is 36.2 Å². The van der Waals surface area contributed by atoms with E-state index in [2.05, 4.69) is 60.7 Å². The zero-order chi connectivity index (χ0) is 29.6. The number of nitrogens with two attached hydrogens (primary N) is 1. The third-order valence-electron chi connectivity index (χ3n) is 7.93. The molecule has 6 heteroatoms.